The molecule has 3 nitrogen and oxygen atoms in total. The summed E-state index contributed by atoms with van der Waals surface area (Å²) in [7, 11) is 0. The zero-order chi connectivity index (χ0) is 9.90. The zero-order valence-corrected chi connectivity index (χ0v) is 8.20. The number of hydrogen-bond donors (Lipinski definition) is 2. The summed E-state index contributed by atoms with van der Waals surface area (Å²) in [5.41, 5.74) is 0.522. The van der Waals surface area contributed by atoms with Crippen LogP contribution in [0.1, 0.15) is 26.7 Å². The van der Waals surface area contributed by atoms with E-state index in [9.17, 15) is 5.11 Å². The van der Waals surface area contributed by atoms with Crippen molar-refractivity contribution in [3.63, 3.8) is 0 Å². The van der Waals surface area contributed by atoms with Crippen molar-refractivity contribution < 1.29 is 10.3 Å². The first-order valence-electron chi connectivity index (χ1n) is 4.60. The fourth-order valence-electron chi connectivity index (χ4n) is 1.85. The number of oxime groups is 1. The molecule has 1 rings (SSSR count). The smallest absolute Gasteiger partial charge is 0.0605 e. The first-order valence-corrected chi connectivity index (χ1v) is 4.60. The topological polar surface area (TPSA) is 52.8 Å². The Bertz CT molecular complexity index is 235. The minimum atomic E-state index is -0.182. The van der Waals surface area contributed by atoms with Gasteiger partial charge in [-0.2, -0.15) is 0 Å². The largest absolute Gasteiger partial charge is 0.411 e. The molecule has 0 spiro atoms. The second kappa shape index (κ2) is 3.92. The van der Waals surface area contributed by atoms with Gasteiger partial charge in [-0.05, 0) is 25.7 Å². The van der Waals surface area contributed by atoms with Gasteiger partial charge in [-0.1, -0.05) is 24.2 Å². The average Bonchev–Trinajstić information content (AvgIpc) is 2.17. The maximum absolute atomic E-state index is 9.20. The third kappa shape index (κ3) is 1.75. The van der Waals surface area contributed by atoms with Crippen LogP contribution in [0, 0.1) is 11.3 Å². The summed E-state index contributed by atoms with van der Waals surface area (Å²) in [6.07, 6.45) is 5.86. The first kappa shape index (κ1) is 10.3. The highest BCUT2D eigenvalue weighted by molar-refractivity contribution is 5.87. The molecule has 0 radical (unpaired) electrons. The van der Waals surface area contributed by atoms with Gasteiger partial charge in [0.1, 0.15) is 0 Å². The van der Waals surface area contributed by atoms with E-state index in [0.717, 1.165) is 12.8 Å². The Morgan fingerprint density at radius 3 is 2.85 bits per heavy atom. The lowest BCUT2D eigenvalue weighted by Gasteiger charge is -2.37. The van der Waals surface area contributed by atoms with E-state index in [1.807, 2.05) is 13.8 Å². The van der Waals surface area contributed by atoms with E-state index in [-0.39, 0.29) is 17.9 Å². The molecular formula is C10H17NO2. The van der Waals surface area contributed by atoms with Gasteiger partial charge in [-0.15, -0.1) is 0 Å². The first-order chi connectivity index (χ1) is 6.15. The van der Waals surface area contributed by atoms with Crippen LogP contribution in [-0.2, 0) is 0 Å². The molecule has 74 valence electrons. The summed E-state index contributed by atoms with van der Waals surface area (Å²) >= 11 is 0. The second-order valence-corrected chi connectivity index (χ2v) is 3.89. The van der Waals surface area contributed by atoms with Crippen LogP contribution in [0.25, 0.3) is 0 Å². The molecule has 1 aliphatic rings. The van der Waals surface area contributed by atoms with E-state index >= 15 is 0 Å². The van der Waals surface area contributed by atoms with E-state index in [1.54, 1.807) is 0 Å². The van der Waals surface area contributed by atoms with Crippen molar-refractivity contribution >= 4 is 5.71 Å². The number of nitrogens with zero attached hydrogens (tertiary/aromatic N) is 1. The maximum atomic E-state index is 9.20. The molecule has 2 atom stereocenters. The molecular weight excluding hydrogens is 166 g/mol. The van der Waals surface area contributed by atoms with Crippen LogP contribution in [0.5, 0.6) is 0 Å². The molecule has 0 aromatic carbocycles. The Hall–Kier alpha value is -0.830. The minimum absolute atomic E-state index is 0.147. The van der Waals surface area contributed by atoms with Gasteiger partial charge in [-0.25, -0.2) is 0 Å². The Balaban J connectivity index is 2.91. The Morgan fingerprint density at radius 2 is 2.31 bits per heavy atom. The summed E-state index contributed by atoms with van der Waals surface area (Å²) < 4.78 is 0. The number of aliphatic hydroxyl groups is 1. The van der Waals surface area contributed by atoms with Crippen molar-refractivity contribution in [2.24, 2.45) is 16.5 Å². The van der Waals surface area contributed by atoms with Gasteiger partial charge in [0.15, 0.2) is 0 Å². The molecule has 0 bridgehead atoms. The molecule has 13 heavy (non-hydrogen) atoms. The van der Waals surface area contributed by atoms with Gasteiger partial charge in [-0.3, -0.25) is 0 Å². The van der Waals surface area contributed by atoms with Crippen molar-refractivity contribution in [3.8, 4) is 0 Å². The number of aliphatic hydroxyl groups excluding tert-OH is 1. The molecule has 0 amide bonds. The van der Waals surface area contributed by atoms with E-state index in [2.05, 4.69) is 17.3 Å². The van der Waals surface area contributed by atoms with Crippen LogP contribution in [0.2, 0.25) is 0 Å². The third-order valence-electron chi connectivity index (χ3n) is 3.23. The average molecular weight is 183 g/mol. The predicted octanol–water partition coefficient (Wildman–Crippen LogP) is 1.80. The standard InChI is InChI=1S/C10H17NO2/c1-8(11-13)10(2)6-4-3-5-9(10)7-12/h3-4,9,12-13H,5-7H2,1-2H3/b11-8+/t9-,10+/m1/s1. The highest BCUT2D eigenvalue weighted by Gasteiger charge is 2.37. The van der Waals surface area contributed by atoms with Crippen LogP contribution >= 0.6 is 0 Å². The molecule has 3 heteroatoms. The highest BCUT2D eigenvalue weighted by atomic mass is 16.4. The minimum Gasteiger partial charge on any atom is -0.411 e. The summed E-state index contributed by atoms with van der Waals surface area (Å²) in [5.74, 6) is 0.174. The quantitative estimate of drug-likeness (QED) is 0.297. The summed E-state index contributed by atoms with van der Waals surface area (Å²) in [6, 6.07) is 0. The van der Waals surface area contributed by atoms with E-state index < -0.39 is 0 Å². The molecule has 2 N–H and O–H groups in total. The molecule has 0 aliphatic heterocycles. The molecule has 0 saturated heterocycles. The van der Waals surface area contributed by atoms with Crippen LogP contribution in [0.15, 0.2) is 17.3 Å². The molecule has 0 unspecified atom stereocenters. The van der Waals surface area contributed by atoms with Gasteiger partial charge in [0.2, 0.25) is 0 Å². The summed E-state index contributed by atoms with van der Waals surface area (Å²) in [6.45, 7) is 3.99. The fraction of sp³-hybridized carbons (Fsp3) is 0.700. The van der Waals surface area contributed by atoms with Crippen LogP contribution in [0.3, 0.4) is 0 Å². The molecule has 0 heterocycles. The maximum Gasteiger partial charge on any atom is 0.0605 e. The monoisotopic (exact) mass is 183 g/mol. The third-order valence-corrected chi connectivity index (χ3v) is 3.23. The number of allylic oxidation sites excluding steroid dienone is 2. The summed E-state index contributed by atoms with van der Waals surface area (Å²) in [5, 5.41) is 21.2. The zero-order valence-electron chi connectivity index (χ0n) is 8.20. The second-order valence-electron chi connectivity index (χ2n) is 3.89. The Morgan fingerprint density at radius 1 is 1.62 bits per heavy atom. The van der Waals surface area contributed by atoms with E-state index in [4.69, 9.17) is 5.21 Å². The Labute approximate surface area is 78.8 Å². The summed E-state index contributed by atoms with van der Waals surface area (Å²) in [4.78, 5) is 0. The lowest BCUT2D eigenvalue weighted by Crippen LogP contribution is -2.37. The van der Waals surface area contributed by atoms with Crippen LogP contribution in [0.4, 0.5) is 0 Å². The molecule has 0 saturated carbocycles. The van der Waals surface area contributed by atoms with Crippen molar-refractivity contribution in [1.82, 2.24) is 0 Å². The Kier molecular flexibility index (Phi) is 3.09. The highest BCUT2D eigenvalue weighted by Crippen LogP contribution is 2.38. The molecule has 0 fully saturated rings. The van der Waals surface area contributed by atoms with Crippen molar-refractivity contribution in [2.75, 3.05) is 6.61 Å². The molecule has 0 aromatic heterocycles. The predicted molar refractivity (Wildman–Crippen MR) is 52.0 cm³/mol. The molecule has 0 aromatic rings. The van der Waals surface area contributed by atoms with Gasteiger partial charge < -0.3 is 10.3 Å². The van der Waals surface area contributed by atoms with Gasteiger partial charge >= 0.3 is 0 Å². The van der Waals surface area contributed by atoms with Crippen LogP contribution in [-0.4, -0.2) is 22.6 Å². The van der Waals surface area contributed by atoms with Crippen LogP contribution < -0.4 is 0 Å². The number of rotatable bonds is 2. The fourth-order valence-corrected chi connectivity index (χ4v) is 1.85. The van der Waals surface area contributed by atoms with Crippen molar-refractivity contribution in [2.45, 2.75) is 26.7 Å². The van der Waals surface area contributed by atoms with Gasteiger partial charge in [0.05, 0.1) is 5.71 Å². The molecule has 1 aliphatic carbocycles. The number of hydrogen-bond acceptors (Lipinski definition) is 3. The van der Waals surface area contributed by atoms with E-state index in [1.165, 1.54) is 0 Å². The normalized spacial score (nSPS) is 35.0. The van der Waals surface area contributed by atoms with Crippen molar-refractivity contribution in [1.29, 1.82) is 0 Å². The van der Waals surface area contributed by atoms with Crippen molar-refractivity contribution in [3.05, 3.63) is 12.2 Å². The SMILES string of the molecule is C/C(=N\O)[C@]1(C)CC=CC[C@@H]1CO. The van der Waals surface area contributed by atoms with Gasteiger partial charge in [0.25, 0.3) is 0 Å². The lowest BCUT2D eigenvalue weighted by atomic mass is 9.68. The van der Waals surface area contributed by atoms with Gasteiger partial charge in [0, 0.05) is 12.0 Å². The lowest BCUT2D eigenvalue weighted by molar-refractivity contribution is 0.144. The van der Waals surface area contributed by atoms with E-state index in [0.29, 0.717) is 5.71 Å².